The summed E-state index contributed by atoms with van der Waals surface area (Å²) in [4.78, 5) is 24.4. The molecule has 0 radical (unpaired) electrons. The number of carboxylic acids is 1. The highest BCUT2D eigenvalue weighted by molar-refractivity contribution is 5.81. The molecule has 0 heterocycles. The lowest BCUT2D eigenvalue weighted by Gasteiger charge is -2.30. The largest absolute Gasteiger partial charge is 0.481 e. The quantitative estimate of drug-likeness (QED) is 0.139. The molecule has 0 aromatic heterocycles. The summed E-state index contributed by atoms with van der Waals surface area (Å²) in [5.74, 6) is -0.965. The van der Waals surface area contributed by atoms with Crippen LogP contribution in [0.2, 0.25) is 0 Å². The zero-order valence-corrected chi connectivity index (χ0v) is 23.0. The van der Waals surface area contributed by atoms with E-state index in [1.165, 1.54) is 77.0 Å². The van der Waals surface area contributed by atoms with E-state index in [4.69, 9.17) is 4.74 Å². The Morgan fingerprint density at radius 3 is 1.62 bits per heavy atom. The minimum Gasteiger partial charge on any atom is -0.481 e. The van der Waals surface area contributed by atoms with E-state index in [-0.39, 0.29) is 12.1 Å². The highest BCUT2D eigenvalue weighted by Gasteiger charge is 2.38. The summed E-state index contributed by atoms with van der Waals surface area (Å²) < 4.78 is 5.94. The molecule has 34 heavy (non-hydrogen) atoms. The topological polar surface area (TPSA) is 63.6 Å². The van der Waals surface area contributed by atoms with Crippen LogP contribution in [0, 0.1) is 23.7 Å². The Labute approximate surface area is 211 Å². The Morgan fingerprint density at radius 2 is 1.18 bits per heavy atom. The van der Waals surface area contributed by atoms with Crippen molar-refractivity contribution in [3.8, 4) is 0 Å². The van der Waals surface area contributed by atoms with Gasteiger partial charge in [-0.25, -0.2) is 0 Å². The minimum atomic E-state index is -0.844. The van der Waals surface area contributed by atoms with Crippen LogP contribution >= 0.6 is 0 Å². The van der Waals surface area contributed by atoms with Crippen LogP contribution in [0.3, 0.4) is 0 Å². The Kier molecular flexibility index (Phi) is 17.5. The Balaban J connectivity index is 2.14. The number of unbranched alkanes of at least 4 members (excludes halogenated alkanes) is 11. The van der Waals surface area contributed by atoms with Gasteiger partial charge in [0.25, 0.3) is 0 Å². The van der Waals surface area contributed by atoms with Crippen molar-refractivity contribution in [2.24, 2.45) is 23.7 Å². The van der Waals surface area contributed by atoms with E-state index in [1.807, 2.05) is 0 Å². The molecule has 0 spiro atoms. The Hall–Kier alpha value is -1.06. The van der Waals surface area contributed by atoms with Gasteiger partial charge in [0, 0.05) is 0 Å². The maximum atomic E-state index is 12.8. The van der Waals surface area contributed by atoms with Crippen molar-refractivity contribution in [1.29, 1.82) is 0 Å². The van der Waals surface area contributed by atoms with E-state index >= 15 is 0 Å². The van der Waals surface area contributed by atoms with E-state index in [0.29, 0.717) is 18.8 Å². The van der Waals surface area contributed by atoms with Crippen LogP contribution in [-0.2, 0) is 14.3 Å². The summed E-state index contributed by atoms with van der Waals surface area (Å²) in [6.07, 6.45) is 22.2. The number of carbonyl (C=O) groups is 2. The second kappa shape index (κ2) is 19.2. The number of carbonyl (C=O) groups excluding carboxylic acids is 1. The van der Waals surface area contributed by atoms with Gasteiger partial charge in [0.15, 0.2) is 0 Å². The van der Waals surface area contributed by atoms with Crippen LogP contribution in [0.15, 0.2) is 0 Å². The van der Waals surface area contributed by atoms with Crippen LogP contribution in [0.1, 0.15) is 150 Å². The second-order valence-corrected chi connectivity index (χ2v) is 11.4. The van der Waals surface area contributed by atoms with Crippen molar-refractivity contribution in [1.82, 2.24) is 0 Å². The molecule has 0 aromatic carbocycles. The van der Waals surface area contributed by atoms with Gasteiger partial charge >= 0.3 is 11.9 Å². The summed E-state index contributed by atoms with van der Waals surface area (Å²) in [6.45, 7) is 8.92. The summed E-state index contributed by atoms with van der Waals surface area (Å²) in [6, 6.07) is 0. The fourth-order valence-electron chi connectivity index (χ4n) is 5.33. The molecule has 4 heteroatoms. The molecule has 1 aliphatic carbocycles. The van der Waals surface area contributed by atoms with Gasteiger partial charge in [-0.15, -0.1) is 0 Å². The van der Waals surface area contributed by atoms with Crippen molar-refractivity contribution < 1.29 is 19.4 Å². The molecule has 0 aromatic rings. The molecule has 1 aliphatic rings. The number of rotatable bonds is 20. The standard InChI is InChI=1S/C30H56O4/c1-5-25(4)28(34-30(33)27-22-19-18-21-26(27)29(31)32)23-17-15-13-11-9-7-6-8-10-12-14-16-20-24(2)3/h24-28H,5-23H2,1-4H3,(H,31,32). The second-order valence-electron chi connectivity index (χ2n) is 11.4. The fraction of sp³-hybridized carbons (Fsp3) is 0.933. The Morgan fingerprint density at radius 1 is 0.735 bits per heavy atom. The van der Waals surface area contributed by atoms with Crippen molar-refractivity contribution in [3.05, 3.63) is 0 Å². The van der Waals surface area contributed by atoms with Gasteiger partial charge < -0.3 is 9.84 Å². The zero-order valence-electron chi connectivity index (χ0n) is 23.0. The van der Waals surface area contributed by atoms with E-state index < -0.39 is 17.8 Å². The van der Waals surface area contributed by atoms with Crippen LogP contribution in [-0.4, -0.2) is 23.1 Å². The summed E-state index contributed by atoms with van der Waals surface area (Å²) in [5.41, 5.74) is 0. The first-order chi connectivity index (χ1) is 16.4. The van der Waals surface area contributed by atoms with E-state index in [0.717, 1.165) is 38.0 Å². The zero-order chi connectivity index (χ0) is 25.2. The minimum absolute atomic E-state index is 0.0746. The molecule has 4 atom stereocenters. The third-order valence-electron chi connectivity index (χ3n) is 7.95. The molecule has 1 fully saturated rings. The van der Waals surface area contributed by atoms with Gasteiger partial charge in [-0.2, -0.15) is 0 Å². The molecule has 0 saturated heterocycles. The molecule has 0 amide bonds. The molecule has 1 N–H and O–H groups in total. The number of esters is 1. The molecule has 0 aliphatic heterocycles. The normalized spacial score (nSPS) is 20.3. The summed E-state index contributed by atoms with van der Waals surface area (Å²) in [5, 5.41) is 9.49. The van der Waals surface area contributed by atoms with Crippen LogP contribution in [0.4, 0.5) is 0 Å². The molecule has 4 unspecified atom stereocenters. The van der Waals surface area contributed by atoms with Gasteiger partial charge in [0.2, 0.25) is 0 Å². The lowest BCUT2D eigenvalue weighted by Crippen LogP contribution is -2.37. The number of hydrogen-bond acceptors (Lipinski definition) is 3. The van der Waals surface area contributed by atoms with Gasteiger partial charge in [-0.3, -0.25) is 9.59 Å². The average Bonchev–Trinajstić information content (AvgIpc) is 2.82. The number of carboxylic acid groups (broad SMARTS) is 1. The highest BCUT2D eigenvalue weighted by atomic mass is 16.5. The third-order valence-corrected chi connectivity index (χ3v) is 7.95. The molecule has 1 saturated carbocycles. The van der Waals surface area contributed by atoms with Crippen molar-refractivity contribution >= 4 is 11.9 Å². The Bertz CT molecular complexity index is 530. The van der Waals surface area contributed by atoms with E-state index in [1.54, 1.807) is 0 Å². The first-order valence-corrected chi connectivity index (χ1v) is 14.8. The average molecular weight is 481 g/mol. The molecule has 0 bridgehead atoms. The summed E-state index contributed by atoms with van der Waals surface area (Å²) in [7, 11) is 0. The maximum Gasteiger partial charge on any atom is 0.310 e. The number of hydrogen-bond donors (Lipinski definition) is 1. The van der Waals surface area contributed by atoms with Gasteiger partial charge in [-0.05, 0) is 37.5 Å². The lowest BCUT2D eigenvalue weighted by molar-refractivity contribution is -0.166. The predicted molar refractivity (Wildman–Crippen MR) is 142 cm³/mol. The third kappa shape index (κ3) is 13.7. The van der Waals surface area contributed by atoms with E-state index in [2.05, 4.69) is 27.7 Å². The van der Waals surface area contributed by atoms with E-state index in [9.17, 15) is 14.7 Å². The predicted octanol–water partition coefficient (Wildman–Crippen LogP) is 8.95. The lowest BCUT2D eigenvalue weighted by atomic mass is 9.79. The molecular weight excluding hydrogens is 424 g/mol. The van der Waals surface area contributed by atoms with Crippen LogP contribution in [0.25, 0.3) is 0 Å². The van der Waals surface area contributed by atoms with Crippen LogP contribution < -0.4 is 0 Å². The monoisotopic (exact) mass is 480 g/mol. The molecular formula is C30H56O4. The van der Waals surface area contributed by atoms with Gasteiger partial charge in [-0.1, -0.05) is 124 Å². The summed E-state index contributed by atoms with van der Waals surface area (Å²) >= 11 is 0. The number of aliphatic carboxylic acids is 1. The maximum absolute atomic E-state index is 12.8. The fourth-order valence-corrected chi connectivity index (χ4v) is 5.33. The molecule has 4 nitrogen and oxygen atoms in total. The first-order valence-electron chi connectivity index (χ1n) is 14.8. The van der Waals surface area contributed by atoms with Crippen molar-refractivity contribution in [2.75, 3.05) is 0 Å². The highest BCUT2D eigenvalue weighted by Crippen LogP contribution is 2.32. The van der Waals surface area contributed by atoms with Crippen LogP contribution in [0.5, 0.6) is 0 Å². The first kappa shape index (κ1) is 31.0. The molecule has 1 rings (SSSR count). The SMILES string of the molecule is CCC(C)C(CCCCCCCCCCCCCCC(C)C)OC(=O)C1CCCCC1C(=O)O. The van der Waals surface area contributed by atoms with Gasteiger partial charge in [0.1, 0.15) is 6.10 Å². The van der Waals surface area contributed by atoms with Gasteiger partial charge in [0.05, 0.1) is 11.8 Å². The van der Waals surface area contributed by atoms with Crippen molar-refractivity contribution in [3.63, 3.8) is 0 Å². The number of ether oxygens (including phenoxy) is 1. The smallest absolute Gasteiger partial charge is 0.310 e. The van der Waals surface area contributed by atoms with Crippen molar-refractivity contribution in [2.45, 2.75) is 156 Å². The molecule has 200 valence electrons.